The number of anilines is 1. The lowest BCUT2D eigenvalue weighted by Crippen LogP contribution is -2.45. The van der Waals surface area contributed by atoms with Crippen molar-refractivity contribution in [2.24, 2.45) is 5.41 Å². The monoisotopic (exact) mass is 344 g/mol. The Bertz CT molecular complexity index is 663. The molecule has 5 nitrogen and oxygen atoms in total. The molecular weight excluding hydrogens is 316 g/mol. The highest BCUT2D eigenvalue weighted by molar-refractivity contribution is 6.00. The first-order valence-corrected chi connectivity index (χ1v) is 9.21. The second kappa shape index (κ2) is 7.06. The van der Waals surface area contributed by atoms with Crippen LogP contribution in [-0.2, 0) is 4.79 Å². The fourth-order valence-corrected chi connectivity index (χ4v) is 3.62. The highest BCUT2D eigenvalue weighted by atomic mass is 16.5. The lowest BCUT2D eigenvalue weighted by molar-refractivity contribution is -0.117. The van der Waals surface area contributed by atoms with Gasteiger partial charge < -0.3 is 15.0 Å². The van der Waals surface area contributed by atoms with E-state index in [1.807, 2.05) is 31.7 Å². The predicted octanol–water partition coefficient (Wildman–Crippen LogP) is 3.84. The predicted molar refractivity (Wildman–Crippen MR) is 97.9 cm³/mol. The third kappa shape index (κ3) is 4.33. The van der Waals surface area contributed by atoms with E-state index in [0.717, 1.165) is 25.8 Å². The van der Waals surface area contributed by atoms with Gasteiger partial charge in [0.05, 0.1) is 12.2 Å². The Kier molecular flexibility index (Phi) is 5.02. The van der Waals surface area contributed by atoms with Gasteiger partial charge in [0.25, 0.3) is 5.91 Å². The number of rotatable bonds is 2. The van der Waals surface area contributed by atoms with Gasteiger partial charge in [-0.15, -0.1) is 0 Å². The number of amides is 2. The quantitative estimate of drug-likeness (QED) is 0.887. The fraction of sp³-hybridized carbons (Fsp3) is 0.600. The Morgan fingerprint density at radius 3 is 2.84 bits per heavy atom. The molecular formula is C20H28N2O3. The van der Waals surface area contributed by atoms with Crippen LogP contribution < -0.4 is 10.1 Å². The summed E-state index contributed by atoms with van der Waals surface area (Å²) in [6.45, 7) is 7.52. The maximum absolute atomic E-state index is 13.0. The Labute approximate surface area is 149 Å². The summed E-state index contributed by atoms with van der Waals surface area (Å²) in [5, 5.41) is 2.91. The number of carbonyl (C=O) groups excluding carboxylic acids is 2. The van der Waals surface area contributed by atoms with Crippen molar-refractivity contribution in [2.45, 2.75) is 58.9 Å². The molecule has 1 aromatic carbocycles. The van der Waals surface area contributed by atoms with Gasteiger partial charge in [0.1, 0.15) is 5.75 Å². The number of ether oxygens (including phenoxy) is 1. The molecule has 2 heterocycles. The molecule has 1 fully saturated rings. The lowest BCUT2D eigenvalue weighted by atomic mass is 9.92. The molecule has 2 aliphatic rings. The van der Waals surface area contributed by atoms with Gasteiger partial charge >= 0.3 is 0 Å². The number of fused-ring (bicyclic) bond motifs is 2. The van der Waals surface area contributed by atoms with Crippen LogP contribution in [0.25, 0.3) is 0 Å². The molecule has 1 saturated heterocycles. The number of piperidine rings is 1. The molecule has 0 bridgehead atoms. The molecule has 0 saturated carbocycles. The van der Waals surface area contributed by atoms with Crippen LogP contribution in [0.2, 0.25) is 0 Å². The Hall–Kier alpha value is -2.04. The summed E-state index contributed by atoms with van der Waals surface area (Å²) >= 11 is 0. The minimum Gasteiger partial charge on any atom is -0.493 e. The van der Waals surface area contributed by atoms with Crippen LogP contribution in [0, 0.1) is 5.41 Å². The van der Waals surface area contributed by atoms with Gasteiger partial charge in [-0.05, 0) is 42.9 Å². The van der Waals surface area contributed by atoms with E-state index in [1.54, 1.807) is 12.1 Å². The third-order valence-corrected chi connectivity index (χ3v) is 4.78. The molecule has 1 atom stereocenters. The lowest BCUT2D eigenvalue weighted by Gasteiger charge is -2.37. The fourth-order valence-electron chi connectivity index (χ4n) is 3.62. The summed E-state index contributed by atoms with van der Waals surface area (Å²) in [6, 6.07) is 5.63. The standard InChI is InChI=1S/C20H28N2O3/c1-20(2,3)13-18(23)21-14-7-8-17-16(12-14)19(24)22-10-5-4-6-15(22)9-11-25-17/h7-8,12,15H,4-6,9-11,13H2,1-3H3,(H,21,23). The molecule has 0 radical (unpaired) electrons. The van der Waals surface area contributed by atoms with Gasteiger partial charge in [0, 0.05) is 31.1 Å². The normalized spacial score (nSPS) is 20.7. The second-order valence-corrected chi connectivity index (χ2v) is 8.28. The Morgan fingerprint density at radius 1 is 1.28 bits per heavy atom. The first kappa shape index (κ1) is 17.8. The van der Waals surface area contributed by atoms with Crippen molar-refractivity contribution in [3.05, 3.63) is 23.8 Å². The Balaban J connectivity index is 1.82. The molecule has 5 heteroatoms. The first-order chi connectivity index (χ1) is 11.8. The van der Waals surface area contributed by atoms with Gasteiger partial charge in [-0.2, -0.15) is 0 Å². The number of hydrogen-bond acceptors (Lipinski definition) is 3. The zero-order valence-corrected chi connectivity index (χ0v) is 15.4. The maximum atomic E-state index is 13.0. The van der Waals surface area contributed by atoms with Crippen LogP contribution in [0.4, 0.5) is 5.69 Å². The van der Waals surface area contributed by atoms with Crippen molar-refractivity contribution in [3.8, 4) is 5.75 Å². The number of nitrogens with zero attached hydrogens (tertiary/aromatic N) is 1. The SMILES string of the molecule is CC(C)(C)CC(=O)Nc1ccc2c(c1)C(=O)N1CCCCC1CCO2. The molecule has 25 heavy (non-hydrogen) atoms. The molecule has 1 aromatic rings. The average molecular weight is 344 g/mol. The largest absolute Gasteiger partial charge is 0.493 e. The molecule has 1 unspecified atom stereocenters. The molecule has 1 N–H and O–H groups in total. The van der Waals surface area contributed by atoms with E-state index in [2.05, 4.69) is 5.32 Å². The van der Waals surface area contributed by atoms with Gasteiger partial charge in [0.2, 0.25) is 5.91 Å². The summed E-state index contributed by atoms with van der Waals surface area (Å²) in [5.74, 6) is 0.594. The number of hydrogen-bond donors (Lipinski definition) is 1. The van der Waals surface area contributed by atoms with Crippen LogP contribution in [0.5, 0.6) is 5.75 Å². The molecule has 0 aliphatic carbocycles. The van der Waals surface area contributed by atoms with Crippen molar-refractivity contribution < 1.29 is 14.3 Å². The van der Waals surface area contributed by atoms with Crippen molar-refractivity contribution in [3.63, 3.8) is 0 Å². The first-order valence-electron chi connectivity index (χ1n) is 9.21. The van der Waals surface area contributed by atoms with E-state index in [0.29, 0.717) is 30.0 Å². The highest BCUT2D eigenvalue weighted by Gasteiger charge is 2.31. The molecule has 136 valence electrons. The number of nitrogens with one attached hydrogen (secondary N) is 1. The Morgan fingerprint density at radius 2 is 2.08 bits per heavy atom. The van der Waals surface area contributed by atoms with E-state index in [-0.39, 0.29) is 23.3 Å². The van der Waals surface area contributed by atoms with Crippen molar-refractivity contribution >= 4 is 17.5 Å². The van der Waals surface area contributed by atoms with Crippen molar-refractivity contribution in [2.75, 3.05) is 18.5 Å². The zero-order valence-electron chi connectivity index (χ0n) is 15.4. The summed E-state index contributed by atoms with van der Waals surface area (Å²) < 4.78 is 5.83. The molecule has 3 rings (SSSR count). The molecule has 0 aromatic heterocycles. The number of benzene rings is 1. The molecule has 2 aliphatic heterocycles. The second-order valence-electron chi connectivity index (χ2n) is 8.28. The van der Waals surface area contributed by atoms with E-state index in [9.17, 15) is 9.59 Å². The number of carbonyl (C=O) groups is 2. The average Bonchev–Trinajstić information content (AvgIpc) is 2.52. The summed E-state index contributed by atoms with van der Waals surface area (Å²) in [6.07, 6.45) is 4.59. The van der Waals surface area contributed by atoms with E-state index in [1.165, 1.54) is 6.42 Å². The van der Waals surface area contributed by atoms with Crippen molar-refractivity contribution in [1.29, 1.82) is 0 Å². The smallest absolute Gasteiger partial charge is 0.257 e. The van der Waals surface area contributed by atoms with Crippen molar-refractivity contribution in [1.82, 2.24) is 4.90 Å². The zero-order chi connectivity index (χ0) is 18.0. The third-order valence-electron chi connectivity index (χ3n) is 4.78. The van der Waals surface area contributed by atoms with E-state index < -0.39 is 0 Å². The van der Waals surface area contributed by atoms with E-state index >= 15 is 0 Å². The van der Waals surface area contributed by atoms with Crippen LogP contribution >= 0.6 is 0 Å². The van der Waals surface area contributed by atoms with Gasteiger partial charge in [0.15, 0.2) is 0 Å². The van der Waals surface area contributed by atoms with Gasteiger partial charge in [-0.3, -0.25) is 9.59 Å². The van der Waals surface area contributed by atoms with Gasteiger partial charge in [-0.25, -0.2) is 0 Å². The van der Waals surface area contributed by atoms with E-state index in [4.69, 9.17) is 4.74 Å². The summed E-state index contributed by atoms with van der Waals surface area (Å²) in [7, 11) is 0. The minimum absolute atomic E-state index is 0.0197. The summed E-state index contributed by atoms with van der Waals surface area (Å²) in [5.41, 5.74) is 1.13. The van der Waals surface area contributed by atoms with Gasteiger partial charge in [-0.1, -0.05) is 20.8 Å². The topological polar surface area (TPSA) is 58.6 Å². The van der Waals surface area contributed by atoms with Crippen LogP contribution in [0.1, 0.15) is 63.2 Å². The molecule has 2 amide bonds. The maximum Gasteiger partial charge on any atom is 0.257 e. The van der Waals surface area contributed by atoms with Crippen LogP contribution in [0.3, 0.4) is 0 Å². The highest BCUT2D eigenvalue weighted by Crippen LogP contribution is 2.31. The van der Waals surface area contributed by atoms with Crippen LogP contribution in [0.15, 0.2) is 18.2 Å². The molecule has 0 spiro atoms. The van der Waals surface area contributed by atoms with Crippen LogP contribution in [-0.4, -0.2) is 35.9 Å². The minimum atomic E-state index is -0.0758. The summed E-state index contributed by atoms with van der Waals surface area (Å²) in [4.78, 5) is 27.2.